The summed E-state index contributed by atoms with van der Waals surface area (Å²) < 4.78 is 7.30. The molecule has 4 rings (SSSR count). The third-order valence-corrected chi connectivity index (χ3v) is 6.07. The molecule has 2 aromatic carbocycles. The highest BCUT2D eigenvalue weighted by Crippen LogP contribution is 2.32. The van der Waals surface area contributed by atoms with Gasteiger partial charge < -0.3 is 9.64 Å². The Morgan fingerprint density at radius 3 is 2.29 bits per heavy atom. The zero-order chi connectivity index (χ0) is 22.0. The maximum absolute atomic E-state index is 5.37. The zero-order valence-corrected chi connectivity index (χ0v) is 19.1. The lowest BCUT2D eigenvalue weighted by Gasteiger charge is -2.40. The lowest BCUT2D eigenvalue weighted by molar-refractivity contribution is 0.199. The molecule has 0 radical (unpaired) electrons. The highest BCUT2D eigenvalue weighted by Gasteiger charge is 2.31. The van der Waals surface area contributed by atoms with Gasteiger partial charge in [-0.2, -0.15) is 0 Å². The van der Waals surface area contributed by atoms with Crippen LogP contribution in [0, 0.1) is 13.8 Å². The van der Waals surface area contributed by atoms with E-state index < -0.39 is 0 Å². The normalized spacial score (nSPS) is 16.0. The number of benzene rings is 2. The molecule has 1 aliphatic heterocycles. The molecular weight excluding hydrogens is 388 g/mol. The Kier molecular flexibility index (Phi) is 6.23. The van der Waals surface area contributed by atoms with Gasteiger partial charge in [0.25, 0.3) is 0 Å². The SMILES string of the molecule is COc1ccc(C(c2nnnn2C(C)C)N2CCN(c3cc(C)ccc3C)CC2)cc1. The molecule has 1 atom stereocenters. The number of tetrazole rings is 1. The van der Waals surface area contributed by atoms with Gasteiger partial charge in [0.1, 0.15) is 5.75 Å². The second-order valence-corrected chi connectivity index (χ2v) is 8.56. The van der Waals surface area contributed by atoms with E-state index in [2.05, 4.69) is 83.4 Å². The molecule has 1 fully saturated rings. The average molecular weight is 421 g/mol. The van der Waals surface area contributed by atoms with Crippen LogP contribution in [0.1, 0.15) is 48.4 Å². The third-order valence-electron chi connectivity index (χ3n) is 6.07. The first-order chi connectivity index (χ1) is 15.0. The van der Waals surface area contributed by atoms with Crippen LogP contribution in [0.25, 0.3) is 0 Å². The van der Waals surface area contributed by atoms with Gasteiger partial charge in [0, 0.05) is 31.9 Å². The summed E-state index contributed by atoms with van der Waals surface area (Å²) in [5, 5.41) is 12.7. The molecule has 7 nitrogen and oxygen atoms in total. The first-order valence-corrected chi connectivity index (χ1v) is 11.0. The molecule has 31 heavy (non-hydrogen) atoms. The maximum Gasteiger partial charge on any atom is 0.173 e. The Balaban J connectivity index is 1.62. The van der Waals surface area contributed by atoms with E-state index in [0.717, 1.165) is 37.8 Å². The van der Waals surface area contributed by atoms with Crippen molar-refractivity contribution >= 4 is 5.69 Å². The first kappa shape index (κ1) is 21.3. The molecule has 0 saturated carbocycles. The summed E-state index contributed by atoms with van der Waals surface area (Å²) in [6.07, 6.45) is 0. The van der Waals surface area contributed by atoms with Crippen LogP contribution in [0.15, 0.2) is 42.5 Å². The highest BCUT2D eigenvalue weighted by molar-refractivity contribution is 5.55. The lowest BCUT2D eigenvalue weighted by Crippen LogP contribution is -2.48. The van der Waals surface area contributed by atoms with Gasteiger partial charge in [0.2, 0.25) is 0 Å². The van der Waals surface area contributed by atoms with Gasteiger partial charge in [-0.1, -0.05) is 24.3 Å². The number of hydrogen-bond acceptors (Lipinski definition) is 6. The van der Waals surface area contributed by atoms with Crippen molar-refractivity contribution in [2.24, 2.45) is 0 Å². The van der Waals surface area contributed by atoms with Crippen molar-refractivity contribution < 1.29 is 4.74 Å². The first-order valence-electron chi connectivity index (χ1n) is 11.0. The summed E-state index contributed by atoms with van der Waals surface area (Å²) >= 11 is 0. The Morgan fingerprint density at radius 1 is 0.935 bits per heavy atom. The summed E-state index contributed by atoms with van der Waals surface area (Å²) in [6.45, 7) is 12.4. The zero-order valence-electron chi connectivity index (χ0n) is 19.1. The van der Waals surface area contributed by atoms with E-state index in [0.29, 0.717) is 0 Å². The Hall–Kier alpha value is -2.93. The molecule has 0 N–H and O–H groups in total. The van der Waals surface area contributed by atoms with Crippen molar-refractivity contribution in [2.45, 2.75) is 39.8 Å². The molecule has 3 aromatic rings. The predicted molar refractivity (Wildman–Crippen MR) is 123 cm³/mol. The number of rotatable bonds is 6. The summed E-state index contributed by atoms with van der Waals surface area (Å²) in [7, 11) is 1.69. The average Bonchev–Trinajstić information content (AvgIpc) is 3.26. The van der Waals surface area contributed by atoms with Crippen molar-refractivity contribution in [2.75, 3.05) is 38.2 Å². The molecule has 1 aromatic heterocycles. The molecule has 1 saturated heterocycles. The van der Waals surface area contributed by atoms with Crippen LogP contribution in [-0.4, -0.2) is 58.4 Å². The van der Waals surface area contributed by atoms with E-state index >= 15 is 0 Å². The number of nitrogens with zero attached hydrogens (tertiary/aromatic N) is 6. The van der Waals surface area contributed by atoms with Gasteiger partial charge in [-0.15, -0.1) is 5.10 Å². The fourth-order valence-corrected chi connectivity index (χ4v) is 4.34. The number of aryl methyl sites for hydroxylation is 2. The minimum absolute atomic E-state index is 0.00376. The number of aromatic nitrogens is 4. The maximum atomic E-state index is 5.37. The quantitative estimate of drug-likeness (QED) is 0.605. The third kappa shape index (κ3) is 4.42. The molecule has 1 unspecified atom stereocenters. The Morgan fingerprint density at radius 2 is 1.65 bits per heavy atom. The number of methoxy groups -OCH3 is 1. The molecule has 0 amide bonds. The van der Waals surface area contributed by atoms with E-state index in [1.807, 2.05) is 16.8 Å². The van der Waals surface area contributed by atoms with Crippen LogP contribution in [0.4, 0.5) is 5.69 Å². The van der Waals surface area contributed by atoms with Crippen LogP contribution in [0.5, 0.6) is 5.75 Å². The number of ether oxygens (including phenoxy) is 1. The van der Waals surface area contributed by atoms with Gasteiger partial charge in [-0.05, 0) is 73.0 Å². The monoisotopic (exact) mass is 420 g/mol. The topological polar surface area (TPSA) is 59.3 Å². The lowest BCUT2D eigenvalue weighted by atomic mass is 10.0. The predicted octanol–water partition coefficient (Wildman–Crippen LogP) is 3.79. The molecule has 0 bridgehead atoms. The van der Waals surface area contributed by atoms with E-state index in [1.54, 1.807) is 7.11 Å². The van der Waals surface area contributed by atoms with E-state index in [1.165, 1.54) is 22.4 Å². The van der Waals surface area contributed by atoms with Gasteiger partial charge in [-0.25, -0.2) is 4.68 Å². The second-order valence-electron chi connectivity index (χ2n) is 8.56. The summed E-state index contributed by atoms with van der Waals surface area (Å²) in [5.41, 5.74) is 5.15. The molecule has 2 heterocycles. The van der Waals surface area contributed by atoms with E-state index in [4.69, 9.17) is 4.74 Å². The fraction of sp³-hybridized carbons (Fsp3) is 0.458. The number of piperazine rings is 1. The van der Waals surface area contributed by atoms with Gasteiger partial charge in [0.15, 0.2) is 5.82 Å². The molecule has 1 aliphatic rings. The van der Waals surface area contributed by atoms with Crippen LogP contribution in [0.3, 0.4) is 0 Å². The smallest absolute Gasteiger partial charge is 0.173 e. The number of anilines is 1. The number of hydrogen-bond donors (Lipinski definition) is 0. The van der Waals surface area contributed by atoms with Crippen molar-refractivity contribution in [3.63, 3.8) is 0 Å². The van der Waals surface area contributed by atoms with E-state index in [-0.39, 0.29) is 12.1 Å². The van der Waals surface area contributed by atoms with Crippen LogP contribution < -0.4 is 9.64 Å². The Labute approximate surface area is 184 Å². The fourth-order valence-electron chi connectivity index (χ4n) is 4.34. The van der Waals surface area contributed by atoms with Crippen molar-refractivity contribution in [1.29, 1.82) is 0 Å². The van der Waals surface area contributed by atoms with Crippen LogP contribution in [-0.2, 0) is 0 Å². The molecule has 7 heteroatoms. The van der Waals surface area contributed by atoms with E-state index in [9.17, 15) is 0 Å². The van der Waals surface area contributed by atoms with Crippen LogP contribution in [0.2, 0.25) is 0 Å². The summed E-state index contributed by atoms with van der Waals surface area (Å²) in [5.74, 6) is 1.74. The minimum atomic E-state index is 0.00376. The second kappa shape index (κ2) is 9.06. The summed E-state index contributed by atoms with van der Waals surface area (Å²) in [6, 6.07) is 15.2. The van der Waals surface area contributed by atoms with Crippen molar-refractivity contribution in [3.05, 3.63) is 65.0 Å². The molecular formula is C24H32N6O. The van der Waals surface area contributed by atoms with Gasteiger partial charge in [0.05, 0.1) is 19.2 Å². The molecule has 0 spiro atoms. The van der Waals surface area contributed by atoms with Crippen molar-refractivity contribution in [1.82, 2.24) is 25.1 Å². The van der Waals surface area contributed by atoms with Crippen molar-refractivity contribution in [3.8, 4) is 5.75 Å². The largest absolute Gasteiger partial charge is 0.497 e. The molecule has 164 valence electrons. The molecule has 0 aliphatic carbocycles. The minimum Gasteiger partial charge on any atom is -0.497 e. The summed E-state index contributed by atoms with van der Waals surface area (Å²) in [4.78, 5) is 4.99. The van der Waals surface area contributed by atoms with Gasteiger partial charge in [-0.3, -0.25) is 4.90 Å². The Bertz CT molecular complexity index is 1010. The van der Waals surface area contributed by atoms with Crippen LogP contribution >= 0.6 is 0 Å². The highest BCUT2D eigenvalue weighted by atomic mass is 16.5. The van der Waals surface area contributed by atoms with Gasteiger partial charge >= 0.3 is 0 Å². The standard InChI is InChI=1S/C24H32N6O/c1-17(2)30-24(25-26-27-30)23(20-8-10-21(31-5)11-9-20)29-14-12-28(13-15-29)22-16-18(3)6-7-19(22)4/h6-11,16-17,23H,12-15H2,1-5H3.